The fourth-order valence-electron chi connectivity index (χ4n) is 6.81. The van der Waals surface area contributed by atoms with Crippen LogP contribution in [-0.4, -0.2) is 62.7 Å². The largest absolute Gasteiger partial charge is 0.480 e. The van der Waals surface area contributed by atoms with Crippen LogP contribution in [-0.2, 0) is 4.79 Å². The molecule has 4 heterocycles. The highest BCUT2D eigenvalue weighted by Gasteiger charge is 2.46. The van der Waals surface area contributed by atoms with Crippen LogP contribution >= 0.6 is 0 Å². The van der Waals surface area contributed by atoms with Crippen LogP contribution in [0.5, 0.6) is 5.88 Å². The summed E-state index contributed by atoms with van der Waals surface area (Å²) in [5, 5.41) is 17.0. The molecule has 2 atom stereocenters. The number of carboxylic acids is 1. The minimum Gasteiger partial charge on any atom is -0.480 e. The number of benzene rings is 2. The first-order valence-electron chi connectivity index (χ1n) is 15.8. The van der Waals surface area contributed by atoms with E-state index < -0.39 is 24.3 Å². The average molecular weight is 649 g/mol. The molecule has 0 bridgehead atoms. The van der Waals surface area contributed by atoms with Gasteiger partial charge < -0.3 is 20.1 Å². The van der Waals surface area contributed by atoms with Crippen molar-refractivity contribution in [2.75, 3.05) is 24.5 Å². The second kappa shape index (κ2) is 12.3. The van der Waals surface area contributed by atoms with E-state index in [-0.39, 0.29) is 28.4 Å². The van der Waals surface area contributed by atoms with Crippen LogP contribution in [0.15, 0.2) is 48.7 Å². The SMILES string of the molecule is Cc1ccn(-c2cc(-c3ccc(C)c(C)c3C)ccc2[C@@H](Oc2cc(N3CCC4(CC3)CN[C@H](C(=O)O)C4)nc(C)n2)C(F)(F)F)n1. The standard InChI is InChI=1S/C35H39F3N6O3/c1-20-6-8-26(23(4)22(20)3)25-7-9-27(29(16-25)44-13-10-21(2)42-44)32(35(36,37)38)47-31-17-30(40-24(5)41-31)43-14-11-34(12-15-43)18-28(33(45)46)39-19-34/h6-10,13,16-17,28,32,39H,11-12,14-15,18-19H2,1-5H3,(H,45,46)/t28-,32+/m0/s1. The van der Waals surface area contributed by atoms with Crippen molar-refractivity contribution < 1.29 is 27.8 Å². The monoisotopic (exact) mass is 648 g/mol. The number of rotatable bonds is 7. The Morgan fingerprint density at radius 2 is 1.77 bits per heavy atom. The number of aromatic nitrogens is 4. The van der Waals surface area contributed by atoms with Crippen molar-refractivity contribution in [3.05, 3.63) is 82.4 Å². The van der Waals surface area contributed by atoms with Crippen LogP contribution in [0.4, 0.5) is 19.0 Å². The van der Waals surface area contributed by atoms with Gasteiger partial charge in [0.2, 0.25) is 12.0 Å². The molecule has 6 rings (SSSR count). The molecule has 2 aliphatic heterocycles. The predicted molar refractivity (Wildman–Crippen MR) is 172 cm³/mol. The Labute approximate surface area is 271 Å². The minimum atomic E-state index is -4.78. The zero-order valence-corrected chi connectivity index (χ0v) is 27.1. The normalized spacial score (nSPS) is 18.5. The number of ether oxygens (including phenoxy) is 1. The molecule has 2 saturated heterocycles. The van der Waals surface area contributed by atoms with Crippen molar-refractivity contribution in [2.45, 2.75) is 72.2 Å². The number of hydrogen-bond donors (Lipinski definition) is 2. The molecule has 248 valence electrons. The number of nitrogens with zero attached hydrogens (tertiary/aromatic N) is 5. The maximum Gasteiger partial charge on any atom is 0.429 e. The Balaban J connectivity index is 1.32. The van der Waals surface area contributed by atoms with E-state index in [2.05, 4.69) is 20.4 Å². The van der Waals surface area contributed by atoms with E-state index >= 15 is 0 Å². The molecular formula is C35H39F3N6O3. The lowest BCUT2D eigenvalue weighted by atomic mass is 9.76. The van der Waals surface area contributed by atoms with E-state index in [0.717, 1.165) is 40.7 Å². The number of aliphatic carboxylic acids is 1. The summed E-state index contributed by atoms with van der Waals surface area (Å²) in [4.78, 5) is 22.3. The Bertz CT molecular complexity index is 1810. The van der Waals surface area contributed by atoms with E-state index in [1.807, 2.05) is 37.8 Å². The Morgan fingerprint density at radius 1 is 1.02 bits per heavy atom. The van der Waals surface area contributed by atoms with E-state index in [1.54, 1.807) is 38.2 Å². The molecule has 9 nitrogen and oxygen atoms in total. The van der Waals surface area contributed by atoms with Gasteiger partial charge in [-0.15, -0.1) is 0 Å². The van der Waals surface area contributed by atoms with E-state index in [0.29, 0.717) is 37.6 Å². The number of carboxylic acid groups (broad SMARTS) is 1. The topological polar surface area (TPSA) is 105 Å². The lowest BCUT2D eigenvalue weighted by molar-refractivity contribution is -0.198. The maximum atomic E-state index is 14.9. The van der Waals surface area contributed by atoms with Crippen molar-refractivity contribution >= 4 is 11.8 Å². The van der Waals surface area contributed by atoms with E-state index in [1.165, 1.54) is 16.8 Å². The first-order chi connectivity index (χ1) is 22.2. The molecule has 0 aliphatic carbocycles. The summed E-state index contributed by atoms with van der Waals surface area (Å²) in [6.07, 6.45) is -3.42. The summed E-state index contributed by atoms with van der Waals surface area (Å²) in [5.74, 6) is -0.263. The van der Waals surface area contributed by atoms with Gasteiger partial charge in [0.25, 0.3) is 0 Å². The summed E-state index contributed by atoms with van der Waals surface area (Å²) in [6.45, 7) is 11.3. The molecule has 47 heavy (non-hydrogen) atoms. The third kappa shape index (κ3) is 6.56. The third-order valence-electron chi connectivity index (χ3n) is 9.79. The molecule has 4 aromatic rings. The Hall–Kier alpha value is -4.45. The maximum absolute atomic E-state index is 14.9. The van der Waals surface area contributed by atoms with Gasteiger partial charge in [0.05, 0.1) is 11.4 Å². The smallest absolute Gasteiger partial charge is 0.429 e. The fourth-order valence-corrected chi connectivity index (χ4v) is 6.81. The van der Waals surface area contributed by atoms with Gasteiger partial charge in [-0.1, -0.05) is 24.3 Å². The van der Waals surface area contributed by atoms with Gasteiger partial charge in [0.15, 0.2) is 0 Å². The summed E-state index contributed by atoms with van der Waals surface area (Å²) in [6, 6.07) is 11.5. The molecule has 0 saturated carbocycles. The molecular weight excluding hydrogens is 609 g/mol. The van der Waals surface area contributed by atoms with Crippen molar-refractivity contribution in [1.29, 1.82) is 0 Å². The summed E-state index contributed by atoms with van der Waals surface area (Å²) in [7, 11) is 0. The second-order valence-corrected chi connectivity index (χ2v) is 13.0. The van der Waals surface area contributed by atoms with Crippen LogP contribution in [0.1, 0.15) is 59.1 Å². The molecule has 2 aromatic carbocycles. The van der Waals surface area contributed by atoms with Gasteiger partial charge in [-0.2, -0.15) is 23.3 Å². The predicted octanol–water partition coefficient (Wildman–Crippen LogP) is 6.59. The minimum absolute atomic E-state index is 0.0923. The van der Waals surface area contributed by atoms with Crippen LogP contribution in [0.25, 0.3) is 16.8 Å². The van der Waals surface area contributed by atoms with Crippen molar-refractivity contribution in [1.82, 2.24) is 25.1 Å². The highest BCUT2D eigenvalue weighted by atomic mass is 19.4. The molecule has 0 radical (unpaired) electrons. The van der Waals surface area contributed by atoms with Gasteiger partial charge in [-0.25, -0.2) is 9.67 Å². The Kier molecular flexibility index (Phi) is 8.50. The number of piperidine rings is 1. The molecule has 2 N–H and O–H groups in total. The van der Waals surface area contributed by atoms with Gasteiger partial charge in [-0.3, -0.25) is 4.79 Å². The molecule has 2 fully saturated rings. The summed E-state index contributed by atoms with van der Waals surface area (Å²) in [5.41, 5.74) is 5.74. The van der Waals surface area contributed by atoms with Crippen LogP contribution in [0.2, 0.25) is 0 Å². The number of nitrogens with one attached hydrogen (secondary N) is 1. The summed E-state index contributed by atoms with van der Waals surface area (Å²) < 4.78 is 52.0. The van der Waals surface area contributed by atoms with E-state index in [4.69, 9.17) is 4.74 Å². The van der Waals surface area contributed by atoms with Crippen molar-refractivity contribution in [3.63, 3.8) is 0 Å². The van der Waals surface area contributed by atoms with Crippen molar-refractivity contribution in [2.24, 2.45) is 5.41 Å². The molecule has 0 amide bonds. The molecule has 0 unspecified atom stereocenters. The highest BCUT2D eigenvalue weighted by Crippen LogP contribution is 2.43. The molecule has 1 spiro atoms. The fraction of sp³-hybridized carbons (Fsp3) is 0.429. The summed E-state index contributed by atoms with van der Waals surface area (Å²) >= 11 is 0. The number of anilines is 1. The van der Waals surface area contributed by atoms with Crippen molar-refractivity contribution in [3.8, 4) is 22.7 Å². The van der Waals surface area contributed by atoms with Gasteiger partial charge >= 0.3 is 12.1 Å². The second-order valence-electron chi connectivity index (χ2n) is 13.0. The zero-order valence-electron chi connectivity index (χ0n) is 27.1. The first kappa shape index (κ1) is 32.5. The first-order valence-corrected chi connectivity index (χ1v) is 15.8. The number of alkyl halides is 3. The van der Waals surface area contributed by atoms with Gasteiger partial charge in [0.1, 0.15) is 17.7 Å². The zero-order chi connectivity index (χ0) is 33.7. The van der Waals surface area contributed by atoms with Gasteiger partial charge in [-0.05, 0) is 99.2 Å². The molecule has 12 heteroatoms. The quantitative estimate of drug-likeness (QED) is 0.232. The van der Waals surface area contributed by atoms with E-state index in [9.17, 15) is 23.1 Å². The number of aryl methyl sites for hydroxylation is 3. The lowest BCUT2D eigenvalue weighted by Crippen LogP contribution is -2.41. The number of carbonyl (C=O) groups is 1. The number of hydrogen-bond acceptors (Lipinski definition) is 7. The van der Waals surface area contributed by atoms with Crippen LogP contribution in [0.3, 0.4) is 0 Å². The van der Waals surface area contributed by atoms with Crippen LogP contribution < -0.4 is 15.0 Å². The number of halogens is 3. The van der Waals surface area contributed by atoms with Crippen LogP contribution in [0, 0.1) is 40.0 Å². The lowest BCUT2D eigenvalue weighted by Gasteiger charge is -2.39. The third-order valence-corrected chi connectivity index (χ3v) is 9.79. The van der Waals surface area contributed by atoms with Gasteiger partial charge in [0, 0.05) is 37.5 Å². The average Bonchev–Trinajstić information content (AvgIpc) is 3.65. The Morgan fingerprint density at radius 3 is 2.40 bits per heavy atom. The molecule has 2 aliphatic rings. The highest BCUT2D eigenvalue weighted by molar-refractivity contribution is 5.74. The molecule has 2 aromatic heterocycles.